The van der Waals surface area contributed by atoms with Gasteiger partial charge in [-0.05, 0) is 17.7 Å². The first-order chi connectivity index (χ1) is 6.39. The zero-order valence-corrected chi connectivity index (χ0v) is 7.50. The van der Waals surface area contributed by atoms with Crippen molar-refractivity contribution in [2.75, 3.05) is 0 Å². The molecule has 0 amide bonds. The number of hydrogen-bond donors (Lipinski definition) is 1. The van der Waals surface area contributed by atoms with Crippen LogP contribution in [0.5, 0.6) is 0 Å². The van der Waals surface area contributed by atoms with Crippen molar-refractivity contribution in [1.29, 1.82) is 0 Å². The van der Waals surface area contributed by atoms with Crippen molar-refractivity contribution < 1.29 is 18.7 Å². The van der Waals surface area contributed by atoms with Crippen LogP contribution in [0, 0.1) is 0 Å². The zero-order chi connectivity index (χ0) is 10.8. The molecule has 0 unspecified atom stereocenters. The van der Waals surface area contributed by atoms with E-state index in [0.717, 1.165) is 13.0 Å². The number of halogens is 2. The van der Waals surface area contributed by atoms with Crippen molar-refractivity contribution in [2.45, 2.75) is 19.3 Å². The molecule has 0 saturated heterocycles. The first-order valence-electron chi connectivity index (χ1n) is 3.94. The van der Waals surface area contributed by atoms with Crippen molar-refractivity contribution in [3.8, 4) is 0 Å². The van der Waals surface area contributed by atoms with Crippen LogP contribution in [-0.2, 0) is 17.1 Å². The van der Waals surface area contributed by atoms with Crippen LogP contribution in [0.3, 0.4) is 0 Å². The van der Waals surface area contributed by atoms with Gasteiger partial charge in [0.05, 0.1) is 6.42 Å². The Labute approximate surface area is 79.4 Å². The van der Waals surface area contributed by atoms with E-state index < -0.39 is 17.6 Å². The van der Waals surface area contributed by atoms with Crippen molar-refractivity contribution in [1.82, 2.24) is 4.98 Å². The van der Waals surface area contributed by atoms with Gasteiger partial charge in [0.2, 0.25) is 0 Å². The van der Waals surface area contributed by atoms with Crippen LogP contribution in [0.2, 0.25) is 0 Å². The molecule has 0 aromatic carbocycles. The number of aliphatic carboxylic acids is 1. The third kappa shape index (κ3) is 2.76. The van der Waals surface area contributed by atoms with Gasteiger partial charge in [-0.1, -0.05) is 0 Å². The molecule has 1 aromatic rings. The minimum Gasteiger partial charge on any atom is -0.481 e. The summed E-state index contributed by atoms with van der Waals surface area (Å²) in [5.74, 6) is -4.09. The monoisotopic (exact) mass is 201 g/mol. The molecule has 1 rings (SSSR count). The van der Waals surface area contributed by atoms with Gasteiger partial charge in [-0.3, -0.25) is 9.78 Å². The predicted octanol–water partition coefficient (Wildman–Crippen LogP) is 1.82. The van der Waals surface area contributed by atoms with Gasteiger partial charge < -0.3 is 5.11 Å². The molecule has 1 aromatic heterocycles. The summed E-state index contributed by atoms with van der Waals surface area (Å²) < 4.78 is 25.5. The molecule has 1 N–H and O–H groups in total. The molecule has 14 heavy (non-hydrogen) atoms. The lowest BCUT2D eigenvalue weighted by Gasteiger charge is -2.09. The zero-order valence-electron chi connectivity index (χ0n) is 7.50. The molecule has 5 heteroatoms. The normalized spacial score (nSPS) is 11.4. The summed E-state index contributed by atoms with van der Waals surface area (Å²) in [6.45, 7) is 0.722. The lowest BCUT2D eigenvalue weighted by molar-refractivity contribution is -0.136. The molecule has 0 aliphatic rings. The average molecular weight is 201 g/mol. The second-order valence-electron chi connectivity index (χ2n) is 3.01. The van der Waals surface area contributed by atoms with Gasteiger partial charge in [0, 0.05) is 13.1 Å². The van der Waals surface area contributed by atoms with E-state index in [1.165, 1.54) is 12.3 Å². The van der Waals surface area contributed by atoms with E-state index in [9.17, 15) is 13.6 Å². The molecule has 3 nitrogen and oxygen atoms in total. The van der Waals surface area contributed by atoms with Gasteiger partial charge in [-0.25, -0.2) is 0 Å². The van der Waals surface area contributed by atoms with E-state index >= 15 is 0 Å². The molecule has 0 saturated carbocycles. The first-order valence-corrected chi connectivity index (χ1v) is 3.94. The van der Waals surface area contributed by atoms with Gasteiger partial charge >= 0.3 is 5.97 Å². The average Bonchev–Trinajstić information content (AvgIpc) is 2.01. The summed E-state index contributed by atoms with van der Waals surface area (Å²) >= 11 is 0. The summed E-state index contributed by atoms with van der Waals surface area (Å²) in [4.78, 5) is 13.8. The standard InChI is InChI=1S/C9H9F2NO2/c1-9(10,11)7-4-6(2-3-12-7)5-8(13)14/h2-4H,5H2,1H3,(H,13,14). The SMILES string of the molecule is CC(F)(F)c1cc(CC(=O)O)ccn1. The summed E-state index contributed by atoms with van der Waals surface area (Å²) in [6.07, 6.45) is 0.913. The van der Waals surface area contributed by atoms with Crippen LogP contribution in [0.25, 0.3) is 0 Å². The molecule has 0 bridgehead atoms. The number of pyridine rings is 1. The Hall–Kier alpha value is -1.52. The third-order valence-electron chi connectivity index (χ3n) is 1.63. The van der Waals surface area contributed by atoms with Crippen LogP contribution in [-0.4, -0.2) is 16.1 Å². The van der Waals surface area contributed by atoms with Gasteiger partial charge in [0.15, 0.2) is 0 Å². The summed E-state index contributed by atoms with van der Waals surface area (Å²) in [5.41, 5.74) is -0.0831. The number of hydrogen-bond acceptors (Lipinski definition) is 2. The number of carbonyl (C=O) groups is 1. The minimum atomic E-state index is -3.03. The van der Waals surface area contributed by atoms with E-state index in [1.54, 1.807) is 0 Å². The summed E-state index contributed by atoms with van der Waals surface area (Å²) in [7, 11) is 0. The Morgan fingerprint density at radius 1 is 1.64 bits per heavy atom. The molecule has 76 valence electrons. The van der Waals surface area contributed by atoms with E-state index in [-0.39, 0.29) is 6.42 Å². The van der Waals surface area contributed by atoms with Crippen LogP contribution >= 0.6 is 0 Å². The van der Waals surface area contributed by atoms with Crippen LogP contribution in [0.4, 0.5) is 8.78 Å². The highest BCUT2D eigenvalue weighted by molar-refractivity contribution is 5.70. The minimum absolute atomic E-state index is 0.272. The highest BCUT2D eigenvalue weighted by Crippen LogP contribution is 2.25. The summed E-state index contributed by atoms with van der Waals surface area (Å²) in [6, 6.07) is 2.51. The number of alkyl halides is 2. The fourth-order valence-corrected chi connectivity index (χ4v) is 0.999. The number of carboxylic acids is 1. The Morgan fingerprint density at radius 2 is 2.29 bits per heavy atom. The molecule has 0 fully saturated rings. The predicted molar refractivity (Wildman–Crippen MR) is 45.1 cm³/mol. The van der Waals surface area contributed by atoms with Crippen molar-refractivity contribution in [3.05, 3.63) is 29.6 Å². The lowest BCUT2D eigenvalue weighted by Crippen LogP contribution is -2.11. The van der Waals surface area contributed by atoms with Gasteiger partial charge in [0.1, 0.15) is 5.69 Å². The molecule has 0 aliphatic heterocycles. The van der Waals surface area contributed by atoms with E-state index in [1.807, 2.05) is 0 Å². The molecule has 0 atom stereocenters. The Balaban J connectivity index is 2.95. The number of rotatable bonds is 3. The maximum Gasteiger partial charge on any atom is 0.307 e. The second kappa shape index (κ2) is 3.69. The highest BCUT2D eigenvalue weighted by atomic mass is 19.3. The largest absolute Gasteiger partial charge is 0.481 e. The van der Waals surface area contributed by atoms with Gasteiger partial charge in [-0.15, -0.1) is 0 Å². The maximum atomic E-state index is 12.8. The third-order valence-corrected chi connectivity index (χ3v) is 1.63. The van der Waals surface area contributed by atoms with Crippen molar-refractivity contribution in [3.63, 3.8) is 0 Å². The molecular weight excluding hydrogens is 192 g/mol. The number of aromatic nitrogens is 1. The van der Waals surface area contributed by atoms with E-state index in [0.29, 0.717) is 5.56 Å². The molecule has 0 spiro atoms. The fourth-order valence-electron chi connectivity index (χ4n) is 0.999. The first kappa shape index (κ1) is 10.6. The van der Waals surface area contributed by atoms with E-state index in [4.69, 9.17) is 5.11 Å². The quantitative estimate of drug-likeness (QED) is 0.811. The fraction of sp³-hybridized carbons (Fsp3) is 0.333. The number of carboxylic acid groups (broad SMARTS) is 1. The smallest absolute Gasteiger partial charge is 0.307 e. The van der Waals surface area contributed by atoms with Crippen LogP contribution in [0.1, 0.15) is 18.2 Å². The van der Waals surface area contributed by atoms with Crippen LogP contribution < -0.4 is 0 Å². The highest BCUT2D eigenvalue weighted by Gasteiger charge is 2.26. The van der Waals surface area contributed by atoms with Gasteiger partial charge in [-0.2, -0.15) is 8.78 Å². The Kier molecular flexibility index (Phi) is 2.78. The Bertz CT molecular complexity index is 347. The molecule has 0 aliphatic carbocycles. The maximum absolute atomic E-state index is 12.8. The molecule has 1 heterocycles. The lowest BCUT2D eigenvalue weighted by atomic mass is 10.1. The topological polar surface area (TPSA) is 50.2 Å². The van der Waals surface area contributed by atoms with Crippen molar-refractivity contribution >= 4 is 5.97 Å². The molecular formula is C9H9F2NO2. The Morgan fingerprint density at radius 3 is 2.79 bits per heavy atom. The van der Waals surface area contributed by atoms with Gasteiger partial charge in [0.25, 0.3) is 5.92 Å². The second-order valence-corrected chi connectivity index (χ2v) is 3.01. The number of nitrogens with zero attached hydrogens (tertiary/aromatic N) is 1. The van der Waals surface area contributed by atoms with E-state index in [2.05, 4.69) is 4.98 Å². The van der Waals surface area contributed by atoms with Crippen molar-refractivity contribution in [2.24, 2.45) is 0 Å². The van der Waals surface area contributed by atoms with Crippen LogP contribution in [0.15, 0.2) is 18.3 Å². The summed E-state index contributed by atoms with van der Waals surface area (Å²) in [5, 5.41) is 8.45. The molecule has 0 radical (unpaired) electrons.